The van der Waals surface area contributed by atoms with Gasteiger partial charge in [0.15, 0.2) is 0 Å². The number of aromatic nitrogens is 1. The van der Waals surface area contributed by atoms with Crippen molar-refractivity contribution >= 4 is 34.3 Å². The zero-order chi connectivity index (χ0) is 19.4. The molecule has 4 rings (SSSR count). The molecule has 8 heteroatoms. The summed E-state index contributed by atoms with van der Waals surface area (Å²) in [6, 6.07) is 6.17. The number of halogens is 3. The molecule has 0 bridgehead atoms. The van der Waals surface area contributed by atoms with Crippen molar-refractivity contribution in [1.82, 2.24) is 15.2 Å². The molecule has 5 nitrogen and oxygen atoms in total. The Morgan fingerprint density at radius 2 is 2.11 bits per heavy atom. The van der Waals surface area contributed by atoms with Gasteiger partial charge >= 0.3 is 0 Å². The van der Waals surface area contributed by atoms with E-state index < -0.39 is 23.3 Å². The number of likely N-dealkylation sites (tertiary alicyclic amines) is 1. The lowest BCUT2D eigenvalue weighted by molar-refractivity contribution is -0.132. The van der Waals surface area contributed by atoms with Gasteiger partial charge in [-0.25, -0.2) is 8.78 Å². The van der Waals surface area contributed by atoms with Crippen molar-refractivity contribution in [3.05, 3.63) is 35.0 Å². The van der Waals surface area contributed by atoms with Crippen LogP contribution in [0.3, 0.4) is 0 Å². The van der Waals surface area contributed by atoms with Crippen LogP contribution in [0.15, 0.2) is 24.3 Å². The first-order valence-corrected chi connectivity index (χ1v) is 9.38. The van der Waals surface area contributed by atoms with Crippen LogP contribution in [0.5, 0.6) is 0 Å². The largest absolute Gasteiger partial charge is 0.351 e. The summed E-state index contributed by atoms with van der Waals surface area (Å²) in [5, 5.41) is 4.08. The van der Waals surface area contributed by atoms with Crippen LogP contribution in [-0.2, 0) is 4.79 Å². The maximum atomic E-state index is 13.6. The molecule has 0 unspecified atom stereocenters. The Morgan fingerprint density at radius 1 is 1.37 bits per heavy atom. The average molecular weight is 396 g/mol. The van der Waals surface area contributed by atoms with Gasteiger partial charge in [0.1, 0.15) is 11.7 Å². The van der Waals surface area contributed by atoms with Crippen LogP contribution in [-0.4, -0.2) is 46.8 Å². The lowest BCUT2D eigenvalue weighted by atomic mass is 10.1. The number of carbonyl (C=O) groups excluding carboxylic acids is 2. The van der Waals surface area contributed by atoms with Crippen LogP contribution in [0.2, 0.25) is 5.02 Å². The molecule has 1 aliphatic carbocycles. The van der Waals surface area contributed by atoms with Crippen molar-refractivity contribution in [2.24, 2.45) is 5.41 Å². The molecule has 0 radical (unpaired) electrons. The summed E-state index contributed by atoms with van der Waals surface area (Å²) in [6.45, 7) is 2.16. The third kappa shape index (κ3) is 3.08. The van der Waals surface area contributed by atoms with E-state index in [0.717, 1.165) is 10.9 Å². The second kappa shape index (κ2) is 6.19. The average Bonchev–Trinajstić information content (AvgIpc) is 3.01. The summed E-state index contributed by atoms with van der Waals surface area (Å²) in [7, 11) is 0. The first-order valence-electron chi connectivity index (χ1n) is 9.00. The molecule has 2 fully saturated rings. The number of benzene rings is 1. The Labute approximate surface area is 160 Å². The van der Waals surface area contributed by atoms with E-state index in [0.29, 0.717) is 30.1 Å². The van der Waals surface area contributed by atoms with Gasteiger partial charge in [-0.2, -0.15) is 0 Å². The third-order valence-corrected chi connectivity index (χ3v) is 5.95. The quantitative estimate of drug-likeness (QED) is 0.830. The minimum absolute atomic E-state index is 0.0656. The second-order valence-electron chi connectivity index (χ2n) is 7.52. The minimum atomic E-state index is -2.67. The van der Waals surface area contributed by atoms with E-state index >= 15 is 0 Å². The number of hydrogen-bond acceptors (Lipinski definition) is 2. The lowest BCUT2D eigenvalue weighted by Gasteiger charge is -2.23. The summed E-state index contributed by atoms with van der Waals surface area (Å²) < 4.78 is 27.1. The topological polar surface area (TPSA) is 65.2 Å². The van der Waals surface area contributed by atoms with Crippen LogP contribution < -0.4 is 5.32 Å². The number of nitrogens with zero attached hydrogens (tertiary/aromatic N) is 1. The van der Waals surface area contributed by atoms with Gasteiger partial charge in [0, 0.05) is 35.4 Å². The van der Waals surface area contributed by atoms with E-state index in [1.54, 1.807) is 31.2 Å². The number of amides is 2. The highest BCUT2D eigenvalue weighted by molar-refractivity contribution is 6.31. The van der Waals surface area contributed by atoms with Crippen molar-refractivity contribution in [2.75, 3.05) is 13.1 Å². The molecule has 27 heavy (non-hydrogen) atoms. The molecule has 1 aliphatic heterocycles. The smallest absolute Gasteiger partial charge is 0.268 e. The number of fused-ring (bicyclic) bond motifs is 1. The zero-order valence-electron chi connectivity index (χ0n) is 14.8. The van der Waals surface area contributed by atoms with E-state index in [1.807, 2.05) is 0 Å². The maximum absolute atomic E-state index is 13.6. The van der Waals surface area contributed by atoms with E-state index in [-0.39, 0.29) is 18.9 Å². The molecule has 1 aromatic heterocycles. The number of hydrogen-bond donors (Lipinski definition) is 2. The van der Waals surface area contributed by atoms with Crippen LogP contribution in [0, 0.1) is 5.41 Å². The number of H-pyrrole nitrogens is 1. The maximum Gasteiger partial charge on any atom is 0.268 e. The second-order valence-corrected chi connectivity index (χ2v) is 7.96. The van der Waals surface area contributed by atoms with Crippen molar-refractivity contribution in [3.63, 3.8) is 0 Å². The number of nitrogens with one attached hydrogen (secondary N) is 2. The molecule has 1 saturated heterocycles. The molecular weight excluding hydrogens is 376 g/mol. The number of rotatable bonds is 4. The molecule has 2 aromatic rings. The molecule has 2 N–H and O–H groups in total. The first kappa shape index (κ1) is 18.2. The fourth-order valence-corrected chi connectivity index (χ4v) is 4.09. The molecule has 2 aliphatic rings. The summed E-state index contributed by atoms with van der Waals surface area (Å²) in [6.07, 6.45) is 0.556. The summed E-state index contributed by atoms with van der Waals surface area (Å²) in [5.41, 5.74) is 0.0491. The summed E-state index contributed by atoms with van der Waals surface area (Å²) in [5.74, 6) is -3.38. The van der Waals surface area contributed by atoms with Gasteiger partial charge < -0.3 is 15.2 Å². The van der Waals surface area contributed by atoms with Crippen molar-refractivity contribution in [2.45, 2.75) is 38.2 Å². The van der Waals surface area contributed by atoms with Crippen molar-refractivity contribution < 1.29 is 18.4 Å². The van der Waals surface area contributed by atoms with E-state index in [9.17, 15) is 18.4 Å². The third-order valence-electron chi connectivity index (χ3n) is 5.72. The Hall–Kier alpha value is -2.15. The van der Waals surface area contributed by atoms with Gasteiger partial charge in [-0.15, -0.1) is 0 Å². The fraction of sp³-hybridized carbons (Fsp3) is 0.474. The van der Waals surface area contributed by atoms with E-state index in [4.69, 9.17) is 11.6 Å². The predicted octanol–water partition coefficient (Wildman–Crippen LogP) is 3.59. The van der Waals surface area contributed by atoms with E-state index in [2.05, 4.69) is 10.3 Å². The molecule has 2 heterocycles. The monoisotopic (exact) mass is 395 g/mol. The van der Waals surface area contributed by atoms with Gasteiger partial charge in [-0.05, 0) is 37.1 Å². The van der Waals surface area contributed by atoms with Gasteiger partial charge in [0.25, 0.3) is 11.8 Å². The first-order chi connectivity index (χ1) is 12.7. The fourth-order valence-electron chi connectivity index (χ4n) is 3.90. The molecule has 144 valence electrons. The predicted molar refractivity (Wildman–Crippen MR) is 98.0 cm³/mol. The molecule has 2 atom stereocenters. The van der Waals surface area contributed by atoms with Crippen LogP contribution in [0.4, 0.5) is 8.78 Å². The number of alkyl halides is 2. The normalized spacial score (nSPS) is 24.4. The summed E-state index contributed by atoms with van der Waals surface area (Å²) in [4.78, 5) is 29.7. The lowest BCUT2D eigenvalue weighted by Crippen LogP contribution is -2.47. The van der Waals surface area contributed by atoms with Crippen LogP contribution in [0.25, 0.3) is 10.9 Å². The number of aromatic amines is 1. The van der Waals surface area contributed by atoms with Gasteiger partial charge in [0.05, 0.1) is 5.41 Å². The Morgan fingerprint density at radius 3 is 2.74 bits per heavy atom. The van der Waals surface area contributed by atoms with Crippen molar-refractivity contribution in [3.8, 4) is 0 Å². The highest BCUT2D eigenvalue weighted by atomic mass is 35.5. The van der Waals surface area contributed by atoms with Crippen LogP contribution in [0.1, 0.15) is 36.7 Å². The van der Waals surface area contributed by atoms with Gasteiger partial charge in [-0.1, -0.05) is 18.5 Å². The van der Waals surface area contributed by atoms with Gasteiger partial charge in [-0.3, -0.25) is 9.59 Å². The number of carbonyl (C=O) groups is 2. The molecule has 2 amide bonds. The van der Waals surface area contributed by atoms with Crippen molar-refractivity contribution in [1.29, 1.82) is 0 Å². The SMILES string of the molecule is CC[C@H](NC(=O)c1cc2cc(Cl)ccc2[nH]1)C(=O)N1CC[C@]2(C1)CC2(F)F. The Kier molecular flexibility index (Phi) is 4.18. The summed E-state index contributed by atoms with van der Waals surface area (Å²) >= 11 is 5.96. The Balaban J connectivity index is 1.45. The highest BCUT2D eigenvalue weighted by Crippen LogP contribution is 2.65. The standard InChI is InChI=1S/C19H20ClF2N3O2/c1-2-13(17(27)25-6-5-18(10-25)9-19(18,21)22)24-16(26)15-8-11-7-12(20)3-4-14(11)23-15/h3-4,7-8,13,23H,2,5-6,9-10H2,1H3,(H,24,26)/t13-,18+/m0/s1. The van der Waals surface area contributed by atoms with Gasteiger partial charge in [0.2, 0.25) is 5.91 Å². The highest BCUT2D eigenvalue weighted by Gasteiger charge is 2.73. The Bertz CT molecular complexity index is 929. The molecular formula is C19H20ClF2N3O2. The van der Waals surface area contributed by atoms with E-state index in [1.165, 1.54) is 4.90 Å². The molecule has 1 aromatic carbocycles. The minimum Gasteiger partial charge on any atom is -0.351 e. The van der Waals surface area contributed by atoms with Crippen LogP contribution >= 0.6 is 11.6 Å². The molecule has 1 spiro atoms. The molecule has 1 saturated carbocycles. The zero-order valence-corrected chi connectivity index (χ0v) is 15.6.